The average Bonchev–Trinajstić information content (AvgIpc) is 2.54. The molecule has 0 aliphatic carbocycles. The quantitative estimate of drug-likeness (QED) is 0.595. The Morgan fingerprint density at radius 2 is 1.78 bits per heavy atom. The third-order valence-electron chi connectivity index (χ3n) is 3.82. The Morgan fingerprint density at radius 3 is 2.43 bits per heavy atom. The van der Waals surface area contributed by atoms with Crippen molar-refractivity contribution in [2.45, 2.75) is 20.3 Å². The van der Waals surface area contributed by atoms with Gasteiger partial charge in [0.05, 0.1) is 11.2 Å². The molecular weight excluding hydrogens is 306 g/mol. The van der Waals surface area contributed by atoms with E-state index in [1.807, 2.05) is 24.3 Å². The number of hydrogen-bond donors (Lipinski definition) is 0. The lowest BCUT2D eigenvalue weighted by Gasteiger charge is -2.09. The van der Waals surface area contributed by atoms with E-state index >= 15 is 0 Å². The van der Waals surface area contributed by atoms with Crippen molar-refractivity contribution in [1.82, 2.24) is 4.98 Å². The smallest absolute Gasteiger partial charge is 0.253 e. The topological polar surface area (TPSA) is 30.0 Å². The largest absolute Gasteiger partial charge is 0.276 e. The van der Waals surface area contributed by atoms with Gasteiger partial charge in [0.15, 0.2) is 0 Å². The minimum absolute atomic E-state index is 0.457. The number of pyridine rings is 1. The molecule has 2 nitrogen and oxygen atoms in total. The van der Waals surface area contributed by atoms with Gasteiger partial charge in [-0.3, -0.25) is 4.79 Å². The van der Waals surface area contributed by atoms with Gasteiger partial charge in [0.2, 0.25) is 0 Å². The molecule has 3 heteroatoms. The summed E-state index contributed by atoms with van der Waals surface area (Å²) < 4.78 is 0. The molecule has 23 heavy (non-hydrogen) atoms. The molecule has 3 aromatic rings. The fourth-order valence-electron chi connectivity index (χ4n) is 2.77. The first-order chi connectivity index (χ1) is 11.0. The lowest BCUT2D eigenvalue weighted by molar-refractivity contribution is 0.108. The van der Waals surface area contributed by atoms with Gasteiger partial charge in [-0.1, -0.05) is 56.3 Å². The number of benzene rings is 2. The molecule has 0 atom stereocenters. The Bertz CT molecular complexity index is 853. The second kappa shape index (κ2) is 6.51. The Kier molecular flexibility index (Phi) is 4.44. The van der Waals surface area contributed by atoms with Crippen molar-refractivity contribution in [2.75, 3.05) is 0 Å². The number of hydrogen-bond acceptors (Lipinski definition) is 2. The van der Waals surface area contributed by atoms with Crippen molar-refractivity contribution in [1.29, 1.82) is 0 Å². The molecule has 0 aliphatic heterocycles. The molecule has 1 aromatic heterocycles. The van der Waals surface area contributed by atoms with Crippen LogP contribution in [0.25, 0.3) is 22.2 Å². The highest BCUT2D eigenvalue weighted by Crippen LogP contribution is 2.26. The lowest BCUT2D eigenvalue weighted by atomic mass is 10.00. The molecule has 0 radical (unpaired) electrons. The van der Waals surface area contributed by atoms with E-state index in [0.717, 1.165) is 28.6 Å². The molecule has 0 saturated carbocycles. The normalized spacial score (nSPS) is 11.1. The van der Waals surface area contributed by atoms with Crippen LogP contribution in [0.5, 0.6) is 0 Å². The number of carbonyl (C=O) groups is 1. The van der Waals surface area contributed by atoms with Crippen LogP contribution in [-0.4, -0.2) is 10.2 Å². The van der Waals surface area contributed by atoms with E-state index in [0.29, 0.717) is 11.5 Å². The monoisotopic (exact) mass is 323 g/mol. The van der Waals surface area contributed by atoms with Crippen molar-refractivity contribution in [2.24, 2.45) is 5.92 Å². The summed E-state index contributed by atoms with van der Waals surface area (Å²) in [6.07, 6.45) is 1.05. The van der Waals surface area contributed by atoms with Gasteiger partial charge >= 0.3 is 0 Å². The number of fused-ring (bicyclic) bond motifs is 1. The van der Waals surface area contributed by atoms with Gasteiger partial charge in [0.1, 0.15) is 0 Å². The Labute approximate surface area is 141 Å². The van der Waals surface area contributed by atoms with Crippen LogP contribution in [0.3, 0.4) is 0 Å². The molecule has 0 aliphatic rings. The number of para-hydroxylation sites is 1. The SMILES string of the molecule is CC(C)Cc1ccc(-c2cc(C(=O)Cl)c3ccccc3n2)cc1. The van der Waals surface area contributed by atoms with Crippen LogP contribution in [-0.2, 0) is 6.42 Å². The van der Waals surface area contributed by atoms with Crippen molar-refractivity contribution >= 4 is 27.7 Å². The molecule has 2 aromatic carbocycles. The van der Waals surface area contributed by atoms with Crippen molar-refractivity contribution in [3.8, 4) is 11.3 Å². The molecule has 0 fully saturated rings. The summed E-state index contributed by atoms with van der Waals surface area (Å²) in [5.41, 5.74) is 4.34. The zero-order chi connectivity index (χ0) is 16.4. The Morgan fingerprint density at radius 1 is 1.09 bits per heavy atom. The highest BCUT2D eigenvalue weighted by Gasteiger charge is 2.12. The molecule has 0 spiro atoms. The number of rotatable bonds is 4. The fraction of sp³-hybridized carbons (Fsp3) is 0.200. The minimum Gasteiger partial charge on any atom is -0.276 e. The molecule has 0 saturated heterocycles. The van der Waals surface area contributed by atoms with Gasteiger partial charge < -0.3 is 0 Å². The van der Waals surface area contributed by atoms with Crippen molar-refractivity contribution < 1.29 is 4.79 Å². The first-order valence-electron chi connectivity index (χ1n) is 7.73. The van der Waals surface area contributed by atoms with Crippen molar-refractivity contribution in [3.63, 3.8) is 0 Å². The van der Waals surface area contributed by atoms with E-state index in [1.54, 1.807) is 6.07 Å². The predicted octanol–water partition coefficient (Wildman–Crippen LogP) is 5.48. The van der Waals surface area contributed by atoms with E-state index < -0.39 is 5.24 Å². The van der Waals surface area contributed by atoms with E-state index in [1.165, 1.54) is 5.56 Å². The molecule has 116 valence electrons. The van der Waals surface area contributed by atoms with Gasteiger partial charge in [0, 0.05) is 16.5 Å². The molecule has 1 heterocycles. The molecular formula is C20H18ClNO. The van der Waals surface area contributed by atoms with E-state index in [-0.39, 0.29) is 0 Å². The summed E-state index contributed by atoms with van der Waals surface area (Å²) in [4.78, 5) is 16.4. The van der Waals surface area contributed by atoms with Crippen molar-refractivity contribution in [3.05, 3.63) is 65.7 Å². The Hall–Kier alpha value is -2.19. The van der Waals surface area contributed by atoms with Gasteiger partial charge in [0.25, 0.3) is 5.24 Å². The molecule has 0 amide bonds. The van der Waals surface area contributed by atoms with E-state index in [4.69, 9.17) is 11.6 Å². The summed E-state index contributed by atoms with van der Waals surface area (Å²) in [6, 6.07) is 17.7. The average molecular weight is 324 g/mol. The van der Waals surface area contributed by atoms with Crippen LogP contribution in [0.2, 0.25) is 0 Å². The van der Waals surface area contributed by atoms with Crippen LogP contribution in [0.4, 0.5) is 0 Å². The standard InChI is InChI=1S/C20H18ClNO/c1-13(2)11-14-7-9-15(10-8-14)19-12-17(20(21)23)16-5-3-4-6-18(16)22-19/h3-10,12-13H,11H2,1-2H3. The number of nitrogens with zero attached hydrogens (tertiary/aromatic N) is 1. The minimum atomic E-state index is -0.457. The lowest BCUT2D eigenvalue weighted by Crippen LogP contribution is -1.96. The maximum Gasteiger partial charge on any atom is 0.253 e. The number of halogens is 1. The number of carbonyl (C=O) groups excluding carboxylic acids is 1. The van der Waals surface area contributed by atoms with Crippen LogP contribution in [0.1, 0.15) is 29.8 Å². The van der Waals surface area contributed by atoms with Gasteiger partial charge in [-0.25, -0.2) is 4.98 Å². The van der Waals surface area contributed by atoms with Crippen LogP contribution in [0, 0.1) is 5.92 Å². The maximum absolute atomic E-state index is 11.8. The summed E-state index contributed by atoms with van der Waals surface area (Å²) in [5.74, 6) is 0.625. The highest BCUT2D eigenvalue weighted by molar-refractivity contribution is 6.68. The first kappa shape index (κ1) is 15.7. The number of aromatic nitrogens is 1. The van der Waals surface area contributed by atoms with E-state index in [2.05, 4.69) is 43.1 Å². The summed E-state index contributed by atoms with van der Waals surface area (Å²) in [5, 5.41) is 0.328. The van der Waals surface area contributed by atoms with Gasteiger partial charge in [-0.15, -0.1) is 0 Å². The zero-order valence-electron chi connectivity index (χ0n) is 13.2. The molecule has 0 bridgehead atoms. The van der Waals surface area contributed by atoms with E-state index in [9.17, 15) is 4.79 Å². The molecule has 3 rings (SSSR count). The molecule has 0 N–H and O–H groups in total. The third kappa shape index (κ3) is 3.43. The predicted molar refractivity (Wildman–Crippen MR) is 95.9 cm³/mol. The molecule has 0 unspecified atom stereocenters. The highest BCUT2D eigenvalue weighted by atomic mass is 35.5. The van der Waals surface area contributed by atoms with Crippen LogP contribution < -0.4 is 0 Å². The fourth-order valence-corrected chi connectivity index (χ4v) is 2.93. The maximum atomic E-state index is 11.8. The third-order valence-corrected chi connectivity index (χ3v) is 4.03. The summed E-state index contributed by atoms with van der Waals surface area (Å²) in [6.45, 7) is 4.41. The van der Waals surface area contributed by atoms with Gasteiger partial charge in [-0.05, 0) is 41.6 Å². The summed E-state index contributed by atoms with van der Waals surface area (Å²) in [7, 11) is 0. The Balaban J connectivity index is 2.07. The van der Waals surface area contributed by atoms with Gasteiger partial charge in [-0.2, -0.15) is 0 Å². The first-order valence-corrected chi connectivity index (χ1v) is 8.11. The second-order valence-corrected chi connectivity index (χ2v) is 6.48. The summed E-state index contributed by atoms with van der Waals surface area (Å²) >= 11 is 5.76. The second-order valence-electron chi connectivity index (χ2n) is 6.14. The zero-order valence-corrected chi connectivity index (χ0v) is 14.0. The van der Waals surface area contributed by atoms with Crippen LogP contribution >= 0.6 is 11.6 Å². The van der Waals surface area contributed by atoms with Crippen LogP contribution in [0.15, 0.2) is 54.6 Å².